The molecule has 0 aliphatic carbocycles. The Labute approximate surface area is 171 Å². The number of fused-ring (bicyclic) bond motifs is 1. The molecule has 1 unspecified atom stereocenters. The van der Waals surface area contributed by atoms with E-state index in [0.29, 0.717) is 5.56 Å². The monoisotopic (exact) mass is 433 g/mol. The van der Waals surface area contributed by atoms with Gasteiger partial charge in [0.25, 0.3) is 11.1 Å². The molecule has 1 saturated heterocycles. The van der Waals surface area contributed by atoms with Crippen molar-refractivity contribution in [2.45, 2.75) is 30.0 Å². The van der Waals surface area contributed by atoms with E-state index in [1.165, 1.54) is 10.9 Å². The molecule has 1 fully saturated rings. The molecule has 1 aliphatic heterocycles. The molecule has 0 bridgehead atoms. The molecular formula is C18H19N5O6S. The average molecular weight is 433 g/mol. The molecule has 0 radical (unpaired) electrons. The van der Waals surface area contributed by atoms with Crippen molar-refractivity contribution >= 4 is 32.7 Å². The number of aromatic nitrogens is 4. The number of hydrogen-bond acceptors (Lipinski definition) is 9. The average Bonchev–Trinajstić information content (AvgIpc) is 3.31. The number of carbonyl (C=O) groups excluding carboxylic acids is 1. The molecule has 1 aromatic carbocycles. The van der Waals surface area contributed by atoms with E-state index in [9.17, 15) is 23.4 Å². The minimum Gasteiger partial charge on any atom is -0.394 e. The molecule has 3 atom stereocenters. The highest BCUT2D eigenvalue weighted by molar-refractivity contribution is 7.90. The Morgan fingerprint density at radius 3 is 2.67 bits per heavy atom. The Morgan fingerprint density at radius 1 is 1.30 bits per heavy atom. The summed E-state index contributed by atoms with van der Waals surface area (Å²) < 4.78 is 31.3. The Hall–Kier alpha value is -2.93. The van der Waals surface area contributed by atoms with Crippen LogP contribution in [0.15, 0.2) is 41.8 Å². The standard InChI is InChI=1S/C18H19N5O6S/c1-30(27,28)18-21-15(20-17(26)10-5-3-2-4-6-10)14-16(22-18)23(9-19-14)13-7-11(25)12(8-24)29-13/h2-6,9,11-13,24-25H,7-8H2,1H3,(H,20,21,22,26)/t11?,12-,13-/m1/s1. The van der Waals surface area contributed by atoms with E-state index in [2.05, 4.69) is 20.3 Å². The molecule has 3 N–H and O–H groups in total. The van der Waals surface area contributed by atoms with E-state index >= 15 is 0 Å². The number of imidazole rings is 1. The van der Waals surface area contributed by atoms with Gasteiger partial charge in [-0.15, -0.1) is 0 Å². The fraction of sp³-hybridized carbons (Fsp3) is 0.333. The van der Waals surface area contributed by atoms with Crippen molar-refractivity contribution in [2.75, 3.05) is 18.2 Å². The van der Waals surface area contributed by atoms with Gasteiger partial charge in [-0.2, -0.15) is 9.97 Å². The Balaban J connectivity index is 1.79. The quantitative estimate of drug-likeness (QED) is 0.476. The maximum atomic E-state index is 12.6. The van der Waals surface area contributed by atoms with E-state index in [0.717, 1.165) is 6.26 Å². The summed E-state index contributed by atoms with van der Waals surface area (Å²) in [5, 5.41) is 21.4. The first-order valence-corrected chi connectivity index (χ1v) is 10.9. The third-order valence-electron chi connectivity index (χ3n) is 4.69. The lowest BCUT2D eigenvalue weighted by molar-refractivity contribution is -0.0432. The van der Waals surface area contributed by atoms with Gasteiger partial charge in [0.2, 0.25) is 9.84 Å². The second kappa shape index (κ2) is 7.72. The van der Waals surface area contributed by atoms with Crippen molar-refractivity contribution in [2.24, 2.45) is 0 Å². The molecule has 1 aliphatic rings. The number of nitrogens with zero attached hydrogens (tertiary/aromatic N) is 4. The normalized spacial score (nSPS) is 21.8. The SMILES string of the molecule is CS(=O)(=O)c1nc(NC(=O)c2ccccc2)c2ncn([C@H]3CC(O)[C@@H](CO)O3)c2n1. The van der Waals surface area contributed by atoms with Crippen LogP contribution in [0.2, 0.25) is 0 Å². The van der Waals surface area contributed by atoms with Gasteiger partial charge < -0.3 is 20.3 Å². The third kappa shape index (κ3) is 3.77. The molecule has 2 aromatic heterocycles. The highest BCUT2D eigenvalue weighted by atomic mass is 32.2. The Morgan fingerprint density at radius 2 is 2.03 bits per heavy atom. The van der Waals surface area contributed by atoms with Crippen molar-refractivity contribution in [1.82, 2.24) is 19.5 Å². The first-order valence-electron chi connectivity index (χ1n) is 9.03. The van der Waals surface area contributed by atoms with Crippen LogP contribution in [0.3, 0.4) is 0 Å². The van der Waals surface area contributed by atoms with Gasteiger partial charge in [0.1, 0.15) is 12.3 Å². The zero-order valence-electron chi connectivity index (χ0n) is 15.8. The minimum atomic E-state index is -3.81. The van der Waals surface area contributed by atoms with Crippen LogP contribution in [0.5, 0.6) is 0 Å². The molecule has 12 heteroatoms. The van der Waals surface area contributed by atoms with E-state index in [4.69, 9.17) is 4.74 Å². The lowest BCUT2D eigenvalue weighted by atomic mass is 10.2. The smallest absolute Gasteiger partial charge is 0.256 e. The summed E-state index contributed by atoms with van der Waals surface area (Å²) in [6.45, 7) is -0.369. The molecule has 0 spiro atoms. The van der Waals surface area contributed by atoms with Crippen LogP contribution in [-0.4, -0.2) is 69.1 Å². The second-order valence-electron chi connectivity index (χ2n) is 6.89. The van der Waals surface area contributed by atoms with Crippen molar-refractivity contribution in [3.05, 3.63) is 42.2 Å². The molecule has 11 nitrogen and oxygen atoms in total. The maximum absolute atomic E-state index is 12.6. The van der Waals surface area contributed by atoms with Crippen LogP contribution in [0.4, 0.5) is 5.82 Å². The number of carbonyl (C=O) groups is 1. The zero-order valence-corrected chi connectivity index (χ0v) is 16.7. The number of benzene rings is 1. The molecule has 1 amide bonds. The first-order chi connectivity index (χ1) is 14.3. The maximum Gasteiger partial charge on any atom is 0.256 e. The number of ether oxygens (including phenoxy) is 1. The number of hydrogen-bond donors (Lipinski definition) is 3. The molecule has 0 saturated carbocycles. The van der Waals surface area contributed by atoms with E-state index in [1.54, 1.807) is 30.3 Å². The van der Waals surface area contributed by atoms with Crippen LogP contribution in [0.1, 0.15) is 23.0 Å². The summed E-state index contributed by atoms with van der Waals surface area (Å²) in [6, 6.07) is 8.36. The summed E-state index contributed by atoms with van der Waals surface area (Å²) in [5.41, 5.74) is 0.638. The number of aliphatic hydroxyl groups excluding tert-OH is 2. The zero-order chi connectivity index (χ0) is 21.5. The predicted octanol–water partition coefficient (Wildman–Crippen LogP) is 0.123. The lowest BCUT2D eigenvalue weighted by Crippen LogP contribution is -2.24. The summed E-state index contributed by atoms with van der Waals surface area (Å²) in [4.78, 5) is 24.9. The molecule has 4 rings (SSSR count). The summed E-state index contributed by atoms with van der Waals surface area (Å²) in [7, 11) is -3.81. The van der Waals surface area contributed by atoms with Gasteiger partial charge in [-0.3, -0.25) is 9.36 Å². The fourth-order valence-corrected chi connectivity index (χ4v) is 3.69. The largest absolute Gasteiger partial charge is 0.394 e. The molecular weight excluding hydrogens is 414 g/mol. The Bertz CT molecular complexity index is 1200. The molecule has 3 aromatic rings. The Kier molecular flexibility index (Phi) is 5.24. The van der Waals surface area contributed by atoms with Gasteiger partial charge in [0.05, 0.1) is 19.0 Å². The van der Waals surface area contributed by atoms with E-state index < -0.39 is 39.3 Å². The molecule has 158 valence electrons. The van der Waals surface area contributed by atoms with Crippen LogP contribution in [0.25, 0.3) is 11.2 Å². The summed E-state index contributed by atoms with van der Waals surface area (Å²) in [6.07, 6.45) is 0.0744. The lowest BCUT2D eigenvalue weighted by Gasteiger charge is -2.14. The van der Waals surface area contributed by atoms with E-state index in [1.807, 2.05) is 0 Å². The number of nitrogens with one attached hydrogen (secondary N) is 1. The van der Waals surface area contributed by atoms with Crippen LogP contribution in [0, 0.1) is 0 Å². The van der Waals surface area contributed by atoms with Gasteiger partial charge in [-0.05, 0) is 12.1 Å². The number of aliphatic hydroxyl groups is 2. The van der Waals surface area contributed by atoms with Crippen molar-refractivity contribution in [1.29, 1.82) is 0 Å². The van der Waals surface area contributed by atoms with Crippen molar-refractivity contribution < 1.29 is 28.2 Å². The van der Waals surface area contributed by atoms with Gasteiger partial charge >= 0.3 is 0 Å². The van der Waals surface area contributed by atoms with Crippen molar-refractivity contribution in [3.8, 4) is 0 Å². The number of sulfone groups is 1. The fourth-order valence-electron chi connectivity index (χ4n) is 3.18. The number of rotatable bonds is 5. The van der Waals surface area contributed by atoms with Gasteiger partial charge in [-0.25, -0.2) is 13.4 Å². The van der Waals surface area contributed by atoms with Crippen LogP contribution >= 0.6 is 0 Å². The number of amides is 1. The third-order valence-corrected chi connectivity index (χ3v) is 5.54. The molecule has 30 heavy (non-hydrogen) atoms. The summed E-state index contributed by atoms with van der Waals surface area (Å²) >= 11 is 0. The number of anilines is 1. The van der Waals surface area contributed by atoms with Gasteiger partial charge in [0, 0.05) is 18.2 Å². The van der Waals surface area contributed by atoms with Gasteiger partial charge in [-0.1, -0.05) is 18.2 Å². The van der Waals surface area contributed by atoms with Crippen molar-refractivity contribution in [3.63, 3.8) is 0 Å². The second-order valence-corrected chi connectivity index (χ2v) is 8.80. The van der Waals surface area contributed by atoms with Crippen LogP contribution in [-0.2, 0) is 14.6 Å². The van der Waals surface area contributed by atoms with E-state index in [-0.39, 0.29) is 30.0 Å². The van der Waals surface area contributed by atoms with Gasteiger partial charge in [0.15, 0.2) is 17.0 Å². The topological polar surface area (TPSA) is 157 Å². The highest BCUT2D eigenvalue weighted by Crippen LogP contribution is 2.32. The van der Waals surface area contributed by atoms with Crippen LogP contribution < -0.4 is 5.32 Å². The first kappa shape index (κ1) is 20.3. The minimum absolute atomic E-state index is 0.0646. The summed E-state index contributed by atoms with van der Waals surface area (Å²) in [5.74, 6) is -0.553. The predicted molar refractivity (Wildman–Crippen MR) is 104 cm³/mol. The molecule has 3 heterocycles. The highest BCUT2D eigenvalue weighted by Gasteiger charge is 2.36.